The minimum atomic E-state index is -0.192. The van der Waals surface area contributed by atoms with Gasteiger partial charge in [-0.3, -0.25) is 10.2 Å². The Bertz CT molecular complexity index is 375. The second-order valence-electron chi connectivity index (χ2n) is 3.49. The first-order valence-electron chi connectivity index (χ1n) is 4.72. The van der Waals surface area contributed by atoms with E-state index in [9.17, 15) is 4.79 Å². The zero-order valence-corrected chi connectivity index (χ0v) is 9.26. The molecule has 1 rings (SSSR count). The van der Waals surface area contributed by atoms with Crippen LogP contribution in [0.1, 0.15) is 16.7 Å². The molecule has 0 atom stereocenters. The molecule has 1 aromatic rings. The van der Waals surface area contributed by atoms with E-state index in [0.717, 1.165) is 22.4 Å². The summed E-state index contributed by atoms with van der Waals surface area (Å²) < 4.78 is 5.19. The number of aryl methyl sites for hydroxylation is 2. The summed E-state index contributed by atoms with van der Waals surface area (Å²) in [4.78, 5) is 11.1. The maximum absolute atomic E-state index is 11.1. The number of methoxy groups -OCH3 is 1. The molecule has 15 heavy (non-hydrogen) atoms. The van der Waals surface area contributed by atoms with Crippen molar-refractivity contribution in [1.29, 1.82) is 0 Å². The third-order valence-electron chi connectivity index (χ3n) is 2.37. The van der Waals surface area contributed by atoms with E-state index in [1.165, 1.54) is 0 Å². The summed E-state index contributed by atoms with van der Waals surface area (Å²) in [7, 11) is 1.63. The van der Waals surface area contributed by atoms with Gasteiger partial charge in [-0.1, -0.05) is 6.07 Å². The zero-order chi connectivity index (χ0) is 11.4. The highest BCUT2D eigenvalue weighted by Crippen LogP contribution is 2.22. The molecular formula is C11H16N2O2. The second kappa shape index (κ2) is 4.79. The summed E-state index contributed by atoms with van der Waals surface area (Å²) in [5.74, 6) is 5.69. The van der Waals surface area contributed by atoms with Crippen LogP contribution in [0, 0.1) is 13.8 Å². The highest BCUT2D eigenvalue weighted by atomic mass is 16.5. The molecule has 0 aromatic heterocycles. The van der Waals surface area contributed by atoms with Gasteiger partial charge in [-0.2, -0.15) is 0 Å². The molecule has 0 unspecified atom stereocenters. The standard InChI is InChI=1S/C11H16N2O2/c1-7-5-10(15-3)8(2)4-9(7)6-11(14)13-12/h4-5H,6,12H2,1-3H3,(H,13,14). The van der Waals surface area contributed by atoms with Crippen molar-refractivity contribution in [1.82, 2.24) is 5.43 Å². The van der Waals surface area contributed by atoms with Gasteiger partial charge in [0, 0.05) is 0 Å². The Morgan fingerprint density at radius 3 is 2.60 bits per heavy atom. The number of nitrogens with two attached hydrogens (primary N) is 1. The maximum atomic E-state index is 11.1. The fourth-order valence-corrected chi connectivity index (χ4v) is 1.48. The Hall–Kier alpha value is -1.55. The van der Waals surface area contributed by atoms with Crippen LogP contribution in [0.25, 0.3) is 0 Å². The smallest absolute Gasteiger partial charge is 0.238 e. The van der Waals surface area contributed by atoms with Crippen molar-refractivity contribution in [2.24, 2.45) is 5.84 Å². The third kappa shape index (κ3) is 2.70. The second-order valence-corrected chi connectivity index (χ2v) is 3.49. The fourth-order valence-electron chi connectivity index (χ4n) is 1.48. The quantitative estimate of drug-likeness (QED) is 0.439. The van der Waals surface area contributed by atoms with Crippen molar-refractivity contribution >= 4 is 5.91 Å². The largest absolute Gasteiger partial charge is 0.496 e. The van der Waals surface area contributed by atoms with E-state index in [1.807, 2.05) is 26.0 Å². The first-order chi connectivity index (χ1) is 7.08. The molecule has 4 nitrogen and oxygen atoms in total. The van der Waals surface area contributed by atoms with E-state index in [0.29, 0.717) is 6.42 Å². The van der Waals surface area contributed by atoms with Crippen molar-refractivity contribution in [3.05, 3.63) is 28.8 Å². The van der Waals surface area contributed by atoms with Gasteiger partial charge in [-0.15, -0.1) is 0 Å². The molecular weight excluding hydrogens is 192 g/mol. The lowest BCUT2D eigenvalue weighted by Gasteiger charge is -2.10. The van der Waals surface area contributed by atoms with Gasteiger partial charge in [0.1, 0.15) is 5.75 Å². The molecule has 0 aliphatic rings. The van der Waals surface area contributed by atoms with E-state index in [-0.39, 0.29) is 5.91 Å². The first kappa shape index (κ1) is 11.5. The van der Waals surface area contributed by atoms with Gasteiger partial charge in [0.2, 0.25) is 5.91 Å². The molecule has 82 valence electrons. The highest BCUT2D eigenvalue weighted by molar-refractivity contribution is 5.78. The number of benzene rings is 1. The molecule has 0 aliphatic heterocycles. The van der Waals surface area contributed by atoms with Crippen LogP contribution in [0.4, 0.5) is 0 Å². The topological polar surface area (TPSA) is 64.3 Å². The molecule has 1 aromatic carbocycles. The zero-order valence-electron chi connectivity index (χ0n) is 9.26. The van der Waals surface area contributed by atoms with Crippen LogP contribution in [0.5, 0.6) is 5.75 Å². The van der Waals surface area contributed by atoms with Gasteiger partial charge < -0.3 is 4.74 Å². The minimum Gasteiger partial charge on any atom is -0.496 e. The number of ether oxygens (including phenoxy) is 1. The lowest BCUT2D eigenvalue weighted by atomic mass is 10.0. The van der Waals surface area contributed by atoms with Crippen LogP contribution >= 0.6 is 0 Å². The molecule has 0 saturated carbocycles. The summed E-state index contributed by atoms with van der Waals surface area (Å²) in [5.41, 5.74) is 5.13. The van der Waals surface area contributed by atoms with Gasteiger partial charge in [-0.25, -0.2) is 5.84 Å². The van der Waals surface area contributed by atoms with Gasteiger partial charge in [0.05, 0.1) is 13.5 Å². The van der Waals surface area contributed by atoms with Gasteiger partial charge in [0.25, 0.3) is 0 Å². The lowest BCUT2D eigenvalue weighted by molar-refractivity contribution is -0.120. The average molecular weight is 208 g/mol. The lowest BCUT2D eigenvalue weighted by Crippen LogP contribution is -2.31. The Labute approximate surface area is 89.4 Å². The highest BCUT2D eigenvalue weighted by Gasteiger charge is 2.08. The molecule has 4 heteroatoms. The van der Waals surface area contributed by atoms with Gasteiger partial charge >= 0.3 is 0 Å². The third-order valence-corrected chi connectivity index (χ3v) is 2.37. The maximum Gasteiger partial charge on any atom is 0.238 e. The molecule has 0 bridgehead atoms. The van der Waals surface area contributed by atoms with Crippen LogP contribution in [-0.2, 0) is 11.2 Å². The molecule has 0 aliphatic carbocycles. The molecule has 1 amide bonds. The minimum absolute atomic E-state index is 0.192. The van der Waals surface area contributed by atoms with Gasteiger partial charge in [0.15, 0.2) is 0 Å². The molecule has 0 heterocycles. The van der Waals surface area contributed by atoms with Crippen molar-refractivity contribution < 1.29 is 9.53 Å². The number of carbonyl (C=O) groups is 1. The summed E-state index contributed by atoms with van der Waals surface area (Å²) in [6.45, 7) is 3.89. The Kier molecular flexibility index (Phi) is 3.68. The summed E-state index contributed by atoms with van der Waals surface area (Å²) in [5, 5.41) is 0. The van der Waals surface area contributed by atoms with E-state index in [4.69, 9.17) is 10.6 Å². The van der Waals surface area contributed by atoms with E-state index >= 15 is 0 Å². The number of hydrazine groups is 1. The summed E-state index contributed by atoms with van der Waals surface area (Å²) >= 11 is 0. The van der Waals surface area contributed by atoms with Crippen molar-refractivity contribution in [3.63, 3.8) is 0 Å². The number of hydrogen-bond donors (Lipinski definition) is 2. The molecule has 0 saturated heterocycles. The Morgan fingerprint density at radius 2 is 2.07 bits per heavy atom. The fraction of sp³-hybridized carbons (Fsp3) is 0.364. The predicted molar refractivity (Wildman–Crippen MR) is 58.5 cm³/mol. The molecule has 0 radical (unpaired) electrons. The summed E-state index contributed by atoms with van der Waals surface area (Å²) in [6.07, 6.45) is 0.299. The van der Waals surface area contributed by atoms with Crippen molar-refractivity contribution in [3.8, 4) is 5.75 Å². The summed E-state index contributed by atoms with van der Waals surface area (Å²) in [6, 6.07) is 3.87. The molecule has 0 spiro atoms. The normalized spacial score (nSPS) is 9.87. The van der Waals surface area contributed by atoms with Gasteiger partial charge in [-0.05, 0) is 36.6 Å². The van der Waals surface area contributed by atoms with Crippen LogP contribution in [-0.4, -0.2) is 13.0 Å². The number of amides is 1. The van der Waals surface area contributed by atoms with Crippen LogP contribution in [0.3, 0.4) is 0 Å². The van der Waals surface area contributed by atoms with E-state index in [1.54, 1.807) is 7.11 Å². The average Bonchev–Trinajstić information content (AvgIpc) is 2.22. The number of carbonyl (C=O) groups excluding carboxylic acids is 1. The van der Waals surface area contributed by atoms with Crippen LogP contribution in [0.2, 0.25) is 0 Å². The number of nitrogens with one attached hydrogen (secondary N) is 1. The van der Waals surface area contributed by atoms with E-state index in [2.05, 4.69) is 5.43 Å². The Morgan fingerprint density at radius 1 is 1.40 bits per heavy atom. The number of hydrogen-bond acceptors (Lipinski definition) is 3. The number of rotatable bonds is 3. The van der Waals surface area contributed by atoms with E-state index < -0.39 is 0 Å². The predicted octanol–water partition coefficient (Wildman–Crippen LogP) is 0.844. The van der Waals surface area contributed by atoms with Crippen LogP contribution in [0.15, 0.2) is 12.1 Å². The first-order valence-corrected chi connectivity index (χ1v) is 4.72. The molecule has 0 fully saturated rings. The molecule has 3 N–H and O–H groups in total. The Balaban J connectivity index is 3.00. The van der Waals surface area contributed by atoms with Crippen molar-refractivity contribution in [2.45, 2.75) is 20.3 Å². The van der Waals surface area contributed by atoms with Crippen molar-refractivity contribution in [2.75, 3.05) is 7.11 Å². The SMILES string of the molecule is COc1cc(C)c(CC(=O)NN)cc1C. The monoisotopic (exact) mass is 208 g/mol. The van der Waals surface area contributed by atoms with Crippen LogP contribution < -0.4 is 16.0 Å².